The van der Waals surface area contributed by atoms with Gasteiger partial charge in [-0.2, -0.15) is 0 Å². The Morgan fingerprint density at radius 1 is 1.00 bits per heavy atom. The molecule has 29 heavy (non-hydrogen) atoms. The Hall–Kier alpha value is -3.53. The third-order valence-corrected chi connectivity index (χ3v) is 5.18. The first-order valence-electron chi connectivity index (χ1n) is 9.51. The number of benzene rings is 3. The van der Waals surface area contributed by atoms with E-state index in [1.807, 2.05) is 50.4 Å². The van der Waals surface area contributed by atoms with Crippen molar-refractivity contribution in [3.8, 4) is 11.1 Å². The first kappa shape index (κ1) is 18.8. The van der Waals surface area contributed by atoms with Crippen LogP contribution < -0.4 is 5.32 Å². The third-order valence-electron chi connectivity index (χ3n) is 5.18. The molecule has 4 heteroatoms. The van der Waals surface area contributed by atoms with Gasteiger partial charge >= 0.3 is 0 Å². The molecule has 0 unspecified atom stereocenters. The number of nitrogens with one attached hydrogen (secondary N) is 1. The van der Waals surface area contributed by atoms with E-state index in [0.29, 0.717) is 0 Å². The van der Waals surface area contributed by atoms with E-state index in [4.69, 9.17) is 0 Å². The smallest absolute Gasteiger partial charge is 0.228 e. The summed E-state index contributed by atoms with van der Waals surface area (Å²) < 4.78 is 13.1. The zero-order chi connectivity index (χ0) is 20.4. The predicted octanol–water partition coefficient (Wildman–Crippen LogP) is 5.84. The van der Waals surface area contributed by atoms with E-state index in [-0.39, 0.29) is 18.1 Å². The minimum Gasteiger partial charge on any atom is -0.325 e. The predicted molar refractivity (Wildman–Crippen MR) is 115 cm³/mol. The van der Waals surface area contributed by atoms with E-state index in [1.54, 1.807) is 12.1 Å². The summed E-state index contributed by atoms with van der Waals surface area (Å²) in [6, 6.07) is 20.1. The van der Waals surface area contributed by atoms with Crippen LogP contribution in [0.2, 0.25) is 0 Å². The molecule has 0 saturated heterocycles. The zero-order valence-corrected chi connectivity index (χ0v) is 16.4. The lowest BCUT2D eigenvalue weighted by Crippen LogP contribution is -2.16. The van der Waals surface area contributed by atoms with Gasteiger partial charge in [0.2, 0.25) is 5.91 Å². The van der Waals surface area contributed by atoms with Crippen molar-refractivity contribution in [1.82, 2.24) is 4.98 Å². The fourth-order valence-corrected chi connectivity index (χ4v) is 3.41. The van der Waals surface area contributed by atoms with Crippen LogP contribution in [-0.2, 0) is 11.2 Å². The fraction of sp³-hybridized carbons (Fsp3) is 0.120. The van der Waals surface area contributed by atoms with Gasteiger partial charge in [-0.05, 0) is 54.8 Å². The maximum atomic E-state index is 13.1. The molecule has 0 aliphatic heterocycles. The van der Waals surface area contributed by atoms with Crippen LogP contribution in [0.15, 0.2) is 72.9 Å². The van der Waals surface area contributed by atoms with Gasteiger partial charge in [0, 0.05) is 22.7 Å². The quantitative estimate of drug-likeness (QED) is 0.480. The van der Waals surface area contributed by atoms with Gasteiger partial charge in [0.25, 0.3) is 0 Å². The Kier molecular flexibility index (Phi) is 5.09. The van der Waals surface area contributed by atoms with E-state index >= 15 is 0 Å². The molecule has 1 heterocycles. The molecule has 4 aromatic rings. The Morgan fingerprint density at radius 2 is 1.76 bits per heavy atom. The number of aromatic nitrogens is 1. The number of pyridine rings is 1. The van der Waals surface area contributed by atoms with Crippen molar-refractivity contribution >= 4 is 22.5 Å². The van der Waals surface area contributed by atoms with E-state index in [1.165, 1.54) is 12.1 Å². The average Bonchev–Trinajstić information content (AvgIpc) is 2.73. The van der Waals surface area contributed by atoms with Gasteiger partial charge in [-0.25, -0.2) is 4.39 Å². The zero-order valence-electron chi connectivity index (χ0n) is 16.4. The van der Waals surface area contributed by atoms with Crippen LogP contribution in [0.1, 0.15) is 16.7 Å². The molecule has 3 nitrogen and oxygen atoms in total. The van der Waals surface area contributed by atoms with Crippen molar-refractivity contribution in [1.29, 1.82) is 0 Å². The van der Waals surface area contributed by atoms with E-state index in [2.05, 4.69) is 22.4 Å². The average molecular weight is 384 g/mol. The molecular formula is C25H21FN2O. The van der Waals surface area contributed by atoms with Crippen LogP contribution in [0.25, 0.3) is 22.0 Å². The van der Waals surface area contributed by atoms with Crippen molar-refractivity contribution < 1.29 is 9.18 Å². The van der Waals surface area contributed by atoms with Crippen molar-refractivity contribution in [2.24, 2.45) is 0 Å². The van der Waals surface area contributed by atoms with Crippen LogP contribution in [0.4, 0.5) is 10.1 Å². The van der Waals surface area contributed by atoms with Crippen molar-refractivity contribution in [3.63, 3.8) is 0 Å². The summed E-state index contributed by atoms with van der Waals surface area (Å²) in [4.78, 5) is 17.3. The van der Waals surface area contributed by atoms with Gasteiger partial charge in [0.15, 0.2) is 0 Å². The molecule has 0 atom stereocenters. The van der Waals surface area contributed by atoms with E-state index < -0.39 is 0 Å². The molecule has 0 bridgehead atoms. The molecule has 144 valence electrons. The highest BCUT2D eigenvalue weighted by atomic mass is 19.1. The number of anilines is 1. The molecule has 0 fully saturated rings. The summed E-state index contributed by atoms with van der Waals surface area (Å²) in [5.74, 6) is -0.449. The Balaban J connectivity index is 1.69. The fourth-order valence-electron chi connectivity index (χ4n) is 3.41. The maximum Gasteiger partial charge on any atom is 0.228 e. The molecule has 0 radical (unpaired) electrons. The second-order valence-corrected chi connectivity index (χ2v) is 7.20. The minimum absolute atomic E-state index is 0.139. The van der Waals surface area contributed by atoms with E-state index in [9.17, 15) is 9.18 Å². The second-order valence-electron chi connectivity index (χ2n) is 7.20. The molecule has 1 N–H and O–H groups in total. The minimum atomic E-state index is -0.310. The lowest BCUT2D eigenvalue weighted by Gasteiger charge is -2.16. The number of halogens is 1. The van der Waals surface area contributed by atoms with Crippen LogP contribution in [0.3, 0.4) is 0 Å². The first-order valence-corrected chi connectivity index (χ1v) is 9.51. The first-order chi connectivity index (χ1) is 14.0. The number of rotatable bonds is 4. The standard InChI is InChI=1S/C25H21FN2O/c1-16-7-12-22(20-14-19-5-3-4-6-23(19)27-15-20)25(17(16)2)28-24(29)13-18-8-10-21(26)11-9-18/h3-12,14-15H,13H2,1-2H3,(H,28,29). The van der Waals surface area contributed by atoms with E-state index in [0.717, 1.165) is 44.4 Å². The second kappa shape index (κ2) is 7.84. The normalized spacial score (nSPS) is 10.9. The highest BCUT2D eigenvalue weighted by Gasteiger charge is 2.14. The number of amides is 1. The number of aryl methyl sites for hydroxylation is 1. The monoisotopic (exact) mass is 384 g/mol. The van der Waals surface area contributed by atoms with Crippen molar-refractivity contribution in [2.75, 3.05) is 5.32 Å². The van der Waals surface area contributed by atoms with Crippen molar-refractivity contribution in [3.05, 3.63) is 95.4 Å². The topological polar surface area (TPSA) is 42.0 Å². The number of hydrogen-bond acceptors (Lipinski definition) is 2. The Labute approximate surface area is 169 Å². The number of fused-ring (bicyclic) bond motifs is 1. The molecule has 0 spiro atoms. The van der Waals surface area contributed by atoms with Gasteiger partial charge in [0.05, 0.1) is 17.6 Å². The summed E-state index contributed by atoms with van der Waals surface area (Å²) in [6.45, 7) is 4.02. The molecular weight excluding hydrogens is 363 g/mol. The molecule has 1 aromatic heterocycles. The van der Waals surface area contributed by atoms with Gasteiger partial charge in [-0.1, -0.05) is 42.5 Å². The highest BCUT2D eigenvalue weighted by Crippen LogP contribution is 2.33. The third kappa shape index (κ3) is 4.02. The summed E-state index contributed by atoms with van der Waals surface area (Å²) in [5, 5.41) is 4.12. The molecule has 0 saturated carbocycles. The maximum absolute atomic E-state index is 13.1. The van der Waals surface area contributed by atoms with Gasteiger partial charge in [-0.15, -0.1) is 0 Å². The lowest BCUT2D eigenvalue weighted by atomic mass is 9.97. The van der Waals surface area contributed by atoms with Crippen LogP contribution in [0.5, 0.6) is 0 Å². The molecule has 0 aliphatic carbocycles. The van der Waals surface area contributed by atoms with Gasteiger partial charge in [0.1, 0.15) is 5.82 Å². The summed E-state index contributed by atoms with van der Waals surface area (Å²) in [5.41, 5.74) is 6.48. The van der Waals surface area contributed by atoms with Crippen LogP contribution in [-0.4, -0.2) is 10.9 Å². The number of para-hydroxylation sites is 1. The summed E-state index contributed by atoms with van der Waals surface area (Å²) >= 11 is 0. The number of carbonyl (C=O) groups excluding carboxylic acids is 1. The Morgan fingerprint density at radius 3 is 2.55 bits per heavy atom. The van der Waals surface area contributed by atoms with Crippen LogP contribution in [0, 0.1) is 19.7 Å². The molecule has 3 aromatic carbocycles. The number of hydrogen-bond donors (Lipinski definition) is 1. The molecule has 1 amide bonds. The van der Waals surface area contributed by atoms with Crippen molar-refractivity contribution in [2.45, 2.75) is 20.3 Å². The SMILES string of the molecule is Cc1ccc(-c2cnc3ccccc3c2)c(NC(=O)Cc2ccc(F)cc2)c1C. The van der Waals surface area contributed by atoms with Crippen LogP contribution >= 0.6 is 0 Å². The highest BCUT2D eigenvalue weighted by molar-refractivity contribution is 5.98. The van der Waals surface area contributed by atoms with Gasteiger partial charge < -0.3 is 5.32 Å². The van der Waals surface area contributed by atoms with Gasteiger partial charge in [-0.3, -0.25) is 9.78 Å². The summed E-state index contributed by atoms with van der Waals surface area (Å²) in [7, 11) is 0. The molecule has 0 aliphatic rings. The summed E-state index contributed by atoms with van der Waals surface area (Å²) in [6.07, 6.45) is 2.02. The Bertz CT molecular complexity index is 1200. The number of carbonyl (C=O) groups is 1. The molecule has 4 rings (SSSR count). The lowest BCUT2D eigenvalue weighted by molar-refractivity contribution is -0.115. The largest absolute Gasteiger partial charge is 0.325 e. The number of nitrogens with zero attached hydrogens (tertiary/aromatic N) is 1.